The Morgan fingerprint density at radius 2 is 1.97 bits per heavy atom. The van der Waals surface area contributed by atoms with Gasteiger partial charge in [-0.05, 0) is 55.8 Å². The zero-order valence-corrected chi connectivity index (χ0v) is 18.2. The third-order valence-corrected chi connectivity index (χ3v) is 5.06. The maximum absolute atomic E-state index is 13.2. The molecule has 0 bridgehead atoms. The average molecular weight is 450 g/mol. The Hall–Kier alpha value is -4.21. The van der Waals surface area contributed by atoms with Crippen molar-refractivity contribution < 1.29 is 18.7 Å². The Bertz CT molecular complexity index is 1190. The standard InChI is InChI=1S/C23H23FN6O3/c1-16-14-28(15-25-16)20-10-6-18(26-22(20)33-2)7-11-21(31)27-30-13-3-12-29(23(30)32)19-8-4-17(24)5-9-19/h4-11,14-15H,3,12-13H2,1-2H3,(H,27,31). The second-order valence-corrected chi connectivity index (χ2v) is 7.41. The predicted molar refractivity (Wildman–Crippen MR) is 120 cm³/mol. The molecule has 1 N–H and O–H groups in total. The number of benzene rings is 1. The second-order valence-electron chi connectivity index (χ2n) is 7.41. The summed E-state index contributed by atoms with van der Waals surface area (Å²) in [4.78, 5) is 35.3. The molecule has 3 aromatic rings. The molecule has 0 spiro atoms. The number of amides is 3. The lowest BCUT2D eigenvalue weighted by atomic mass is 10.2. The summed E-state index contributed by atoms with van der Waals surface area (Å²) in [5.41, 5.74) is 5.26. The van der Waals surface area contributed by atoms with E-state index in [1.54, 1.807) is 17.0 Å². The molecular formula is C23H23FN6O3. The zero-order chi connectivity index (χ0) is 23.4. The average Bonchev–Trinajstić information content (AvgIpc) is 3.25. The van der Waals surface area contributed by atoms with Gasteiger partial charge in [0.1, 0.15) is 11.5 Å². The Morgan fingerprint density at radius 3 is 2.67 bits per heavy atom. The van der Waals surface area contributed by atoms with E-state index in [9.17, 15) is 14.0 Å². The number of imidazole rings is 1. The van der Waals surface area contributed by atoms with Crippen LogP contribution in [-0.4, -0.2) is 51.7 Å². The summed E-state index contributed by atoms with van der Waals surface area (Å²) in [5, 5.41) is 1.25. The first-order chi connectivity index (χ1) is 15.9. The Kier molecular flexibility index (Phi) is 6.34. The first kappa shape index (κ1) is 22.0. The van der Waals surface area contributed by atoms with Crippen LogP contribution in [0.1, 0.15) is 17.8 Å². The highest BCUT2D eigenvalue weighted by Gasteiger charge is 2.27. The van der Waals surface area contributed by atoms with Crippen molar-refractivity contribution in [2.24, 2.45) is 0 Å². The highest BCUT2D eigenvalue weighted by atomic mass is 19.1. The number of pyridine rings is 1. The maximum atomic E-state index is 13.2. The molecule has 2 aromatic heterocycles. The van der Waals surface area contributed by atoms with E-state index in [-0.39, 0.29) is 11.8 Å². The summed E-state index contributed by atoms with van der Waals surface area (Å²) in [6, 6.07) is 8.85. The number of carbonyl (C=O) groups is 2. The van der Waals surface area contributed by atoms with Crippen molar-refractivity contribution in [3.05, 3.63) is 72.2 Å². The van der Waals surface area contributed by atoms with Crippen LogP contribution in [0.15, 0.2) is 55.0 Å². The number of hydrazine groups is 1. The minimum Gasteiger partial charge on any atom is -0.479 e. The second kappa shape index (κ2) is 9.51. The number of aromatic nitrogens is 3. The number of hydrogen-bond donors (Lipinski definition) is 1. The van der Waals surface area contributed by atoms with Crippen molar-refractivity contribution in [3.63, 3.8) is 0 Å². The normalized spacial score (nSPS) is 14.1. The molecule has 9 nitrogen and oxygen atoms in total. The number of hydrogen-bond acceptors (Lipinski definition) is 5. The van der Waals surface area contributed by atoms with Gasteiger partial charge in [-0.3, -0.25) is 15.1 Å². The molecule has 1 fully saturated rings. The number of nitrogens with zero attached hydrogens (tertiary/aromatic N) is 5. The number of halogens is 1. The van der Waals surface area contributed by atoms with Gasteiger partial charge in [-0.15, -0.1) is 0 Å². The first-order valence-electron chi connectivity index (χ1n) is 10.3. The molecule has 0 atom stereocenters. The predicted octanol–water partition coefficient (Wildman–Crippen LogP) is 3.10. The molecule has 1 aliphatic rings. The van der Waals surface area contributed by atoms with Gasteiger partial charge < -0.3 is 9.30 Å². The molecule has 0 saturated carbocycles. The number of methoxy groups -OCH3 is 1. The van der Waals surface area contributed by atoms with Gasteiger partial charge >= 0.3 is 6.03 Å². The number of ether oxygens (including phenoxy) is 1. The molecule has 4 rings (SSSR count). The van der Waals surface area contributed by atoms with Crippen molar-refractivity contribution in [2.45, 2.75) is 13.3 Å². The van der Waals surface area contributed by atoms with Crippen LogP contribution in [0.3, 0.4) is 0 Å². The van der Waals surface area contributed by atoms with E-state index in [4.69, 9.17) is 4.74 Å². The maximum Gasteiger partial charge on any atom is 0.343 e. The third-order valence-electron chi connectivity index (χ3n) is 5.06. The van der Waals surface area contributed by atoms with Gasteiger partial charge in [-0.2, -0.15) is 0 Å². The number of aryl methyl sites for hydroxylation is 1. The van der Waals surface area contributed by atoms with Crippen LogP contribution < -0.4 is 15.1 Å². The van der Waals surface area contributed by atoms with Crippen LogP contribution in [-0.2, 0) is 4.79 Å². The van der Waals surface area contributed by atoms with Crippen LogP contribution >= 0.6 is 0 Å². The molecule has 0 unspecified atom stereocenters. The first-order valence-corrected chi connectivity index (χ1v) is 10.3. The number of carbonyl (C=O) groups excluding carboxylic acids is 2. The summed E-state index contributed by atoms with van der Waals surface area (Å²) in [7, 11) is 1.52. The Labute approximate surface area is 190 Å². The molecule has 1 saturated heterocycles. The van der Waals surface area contributed by atoms with Crippen molar-refractivity contribution in [1.29, 1.82) is 0 Å². The van der Waals surface area contributed by atoms with Gasteiger partial charge in [0.25, 0.3) is 5.91 Å². The highest BCUT2D eigenvalue weighted by molar-refractivity contribution is 5.97. The molecule has 1 aromatic carbocycles. The van der Waals surface area contributed by atoms with Crippen molar-refractivity contribution in [1.82, 2.24) is 25.0 Å². The molecule has 0 radical (unpaired) electrons. The van der Waals surface area contributed by atoms with E-state index in [0.29, 0.717) is 36.8 Å². The number of urea groups is 1. The van der Waals surface area contributed by atoms with E-state index in [1.165, 1.54) is 53.4 Å². The van der Waals surface area contributed by atoms with Crippen LogP contribution in [0.4, 0.5) is 14.9 Å². The minimum atomic E-state index is -0.473. The van der Waals surface area contributed by atoms with E-state index < -0.39 is 5.91 Å². The Balaban J connectivity index is 1.42. The number of rotatable bonds is 6. The van der Waals surface area contributed by atoms with Gasteiger partial charge in [-0.1, -0.05) is 0 Å². The third kappa shape index (κ3) is 5.00. The van der Waals surface area contributed by atoms with Gasteiger partial charge in [0.05, 0.1) is 24.8 Å². The monoisotopic (exact) mass is 450 g/mol. The lowest BCUT2D eigenvalue weighted by Gasteiger charge is -2.35. The molecule has 3 heterocycles. The van der Waals surface area contributed by atoms with Gasteiger partial charge in [0, 0.05) is 31.0 Å². The van der Waals surface area contributed by atoms with Crippen molar-refractivity contribution in [2.75, 3.05) is 25.1 Å². The fraction of sp³-hybridized carbons (Fsp3) is 0.217. The van der Waals surface area contributed by atoms with Crippen molar-refractivity contribution in [3.8, 4) is 11.6 Å². The number of anilines is 1. The SMILES string of the molecule is COc1nc(C=CC(=O)NN2CCCN(c3ccc(F)cc3)C2=O)ccc1-n1cnc(C)c1. The molecule has 33 heavy (non-hydrogen) atoms. The molecule has 10 heteroatoms. The summed E-state index contributed by atoms with van der Waals surface area (Å²) in [6.45, 7) is 2.75. The van der Waals surface area contributed by atoms with Gasteiger partial charge in [0.15, 0.2) is 0 Å². The van der Waals surface area contributed by atoms with Gasteiger partial charge in [-0.25, -0.2) is 24.2 Å². The summed E-state index contributed by atoms with van der Waals surface area (Å²) in [5.74, 6) is -0.465. The minimum absolute atomic E-state index is 0.376. The van der Waals surface area contributed by atoms with Gasteiger partial charge in [0.2, 0.25) is 5.88 Å². The highest BCUT2D eigenvalue weighted by Crippen LogP contribution is 2.22. The van der Waals surface area contributed by atoms with E-state index in [1.807, 2.05) is 19.2 Å². The van der Waals surface area contributed by atoms with Crippen LogP contribution in [0.25, 0.3) is 11.8 Å². The molecule has 1 aliphatic heterocycles. The number of nitrogens with one attached hydrogen (secondary N) is 1. The molecular weight excluding hydrogens is 427 g/mol. The quantitative estimate of drug-likeness (QED) is 0.583. The van der Waals surface area contributed by atoms with Crippen LogP contribution in [0.2, 0.25) is 0 Å². The summed E-state index contributed by atoms with van der Waals surface area (Å²) < 4.78 is 20.4. The zero-order valence-electron chi connectivity index (χ0n) is 18.2. The summed E-state index contributed by atoms with van der Waals surface area (Å²) in [6.07, 6.45) is 7.01. The van der Waals surface area contributed by atoms with Crippen LogP contribution in [0, 0.1) is 12.7 Å². The van der Waals surface area contributed by atoms with Crippen LogP contribution in [0.5, 0.6) is 5.88 Å². The fourth-order valence-corrected chi connectivity index (χ4v) is 3.46. The van der Waals surface area contributed by atoms with E-state index >= 15 is 0 Å². The Morgan fingerprint density at radius 1 is 1.18 bits per heavy atom. The molecule has 3 amide bonds. The lowest BCUT2D eigenvalue weighted by Crippen LogP contribution is -2.56. The van der Waals surface area contributed by atoms with E-state index in [2.05, 4.69) is 15.4 Å². The topological polar surface area (TPSA) is 92.6 Å². The molecule has 0 aliphatic carbocycles. The largest absolute Gasteiger partial charge is 0.479 e. The fourth-order valence-electron chi connectivity index (χ4n) is 3.46. The molecule has 170 valence electrons. The smallest absolute Gasteiger partial charge is 0.343 e. The van der Waals surface area contributed by atoms with Crippen molar-refractivity contribution >= 4 is 23.7 Å². The summed E-state index contributed by atoms with van der Waals surface area (Å²) >= 11 is 0. The lowest BCUT2D eigenvalue weighted by molar-refractivity contribution is -0.120. The van der Waals surface area contributed by atoms with E-state index in [0.717, 1.165) is 11.4 Å².